The highest BCUT2D eigenvalue weighted by atomic mass is 79.9. The van der Waals surface area contributed by atoms with Crippen molar-refractivity contribution in [1.29, 1.82) is 0 Å². The lowest BCUT2D eigenvalue weighted by Gasteiger charge is -2.15. The Hall–Kier alpha value is -1.62. The lowest BCUT2D eigenvalue weighted by molar-refractivity contribution is 0.948. The number of anilines is 3. The van der Waals surface area contributed by atoms with Gasteiger partial charge in [0, 0.05) is 22.3 Å². The highest BCUT2D eigenvalue weighted by molar-refractivity contribution is 9.10. The van der Waals surface area contributed by atoms with Gasteiger partial charge in [-0.2, -0.15) is 0 Å². The van der Waals surface area contributed by atoms with Gasteiger partial charge in [0.15, 0.2) is 0 Å². The third kappa shape index (κ3) is 3.73. The van der Waals surface area contributed by atoms with Gasteiger partial charge >= 0.3 is 0 Å². The second-order valence-corrected chi connectivity index (χ2v) is 5.91. The molecule has 2 aromatic rings. The SMILES string of the molecule is CCCNc1nc(C)nc(Nc2cccc(Br)c2C)c1C. The summed E-state index contributed by atoms with van der Waals surface area (Å²) in [5, 5.41) is 6.77. The molecule has 0 fully saturated rings. The van der Waals surface area contributed by atoms with Gasteiger partial charge < -0.3 is 10.6 Å². The molecule has 0 amide bonds. The number of aromatic nitrogens is 2. The van der Waals surface area contributed by atoms with E-state index in [0.29, 0.717) is 0 Å². The fourth-order valence-electron chi connectivity index (χ4n) is 2.04. The van der Waals surface area contributed by atoms with E-state index in [0.717, 1.165) is 51.7 Å². The van der Waals surface area contributed by atoms with Crippen LogP contribution in [0.5, 0.6) is 0 Å². The van der Waals surface area contributed by atoms with Crippen LogP contribution in [0.4, 0.5) is 17.3 Å². The first-order valence-corrected chi connectivity index (χ1v) is 7.93. The van der Waals surface area contributed by atoms with Crippen LogP contribution in [0.1, 0.15) is 30.3 Å². The van der Waals surface area contributed by atoms with Crippen LogP contribution in [0.2, 0.25) is 0 Å². The van der Waals surface area contributed by atoms with Crippen LogP contribution in [0, 0.1) is 20.8 Å². The highest BCUT2D eigenvalue weighted by Gasteiger charge is 2.10. The molecule has 4 nitrogen and oxygen atoms in total. The van der Waals surface area contributed by atoms with E-state index in [4.69, 9.17) is 0 Å². The minimum atomic E-state index is 0.759. The Morgan fingerprint density at radius 1 is 1.05 bits per heavy atom. The van der Waals surface area contributed by atoms with Crippen LogP contribution < -0.4 is 10.6 Å². The van der Waals surface area contributed by atoms with Crippen LogP contribution in [0.15, 0.2) is 22.7 Å². The zero-order valence-electron chi connectivity index (χ0n) is 12.9. The van der Waals surface area contributed by atoms with Gasteiger partial charge in [0.1, 0.15) is 17.5 Å². The molecular formula is C16H21BrN4. The maximum Gasteiger partial charge on any atom is 0.139 e. The van der Waals surface area contributed by atoms with Gasteiger partial charge in [-0.15, -0.1) is 0 Å². The maximum absolute atomic E-state index is 4.53. The number of nitrogens with one attached hydrogen (secondary N) is 2. The van der Waals surface area contributed by atoms with Crippen molar-refractivity contribution >= 4 is 33.3 Å². The van der Waals surface area contributed by atoms with E-state index < -0.39 is 0 Å². The first-order valence-electron chi connectivity index (χ1n) is 7.14. The number of hydrogen-bond donors (Lipinski definition) is 2. The highest BCUT2D eigenvalue weighted by Crippen LogP contribution is 2.28. The van der Waals surface area contributed by atoms with E-state index in [-0.39, 0.29) is 0 Å². The summed E-state index contributed by atoms with van der Waals surface area (Å²) >= 11 is 3.56. The number of halogens is 1. The normalized spacial score (nSPS) is 10.5. The van der Waals surface area contributed by atoms with Gasteiger partial charge in [-0.1, -0.05) is 28.9 Å². The largest absolute Gasteiger partial charge is 0.370 e. The monoisotopic (exact) mass is 348 g/mol. The Labute approximate surface area is 134 Å². The number of aryl methyl sites for hydroxylation is 1. The summed E-state index contributed by atoms with van der Waals surface area (Å²) in [7, 11) is 0. The molecule has 0 spiro atoms. The molecule has 0 aliphatic heterocycles. The summed E-state index contributed by atoms with van der Waals surface area (Å²) in [6.07, 6.45) is 1.07. The molecule has 0 radical (unpaired) electrons. The maximum atomic E-state index is 4.53. The molecule has 21 heavy (non-hydrogen) atoms. The van der Waals surface area contributed by atoms with Gasteiger partial charge in [0.25, 0.3) is 0 Å². The van der Waals surface area contributed by atoms with Crippen LogP contribution in [-0.2, 0) is 0 Å². The third-order valence-corrected chi connectivity index (χ3v) is 4.18. The summed E-state index contributed by atoms with van der Waals surface area (Å²) in [6, 6.07) is 6.10. The average Bonchev–Trinajstić information content (AvgIpc) is 2.45. The van der Waals surface area contributed by atoms with Gasteiger partial charge in [0.2, 0.25) is 0 Å². The lowest BCUT2D eigenvalue weighted by atomic mass is 10.2. The van der Waals surface area contributed by atoms with E-state index >= 15 is 0 Å². The molecule has 1 heterocycles. The molecule has 5 heteroatoms. The smallest absolute Gasteiger partial charge is 0.139 e. The molecule has 112 valence electrons. The van der Waals surface area contributed by atoms with Crippen molar-refractivity contribution in [3.05, 3.63) is 39.6 Å². The Morgan fingerprint density at radius 3 is 2.48 bits per heavy atom. The summed E-state index contributed by atoms with van der Waals surface area (Å²) in [6.45, 7) is 9.07. The third-order valence-electron chi connectivity index (χ3n) is 3.32. The van der Waals surface area contributed by atoms with Crippen molar-refractivity contribution < 1.29 is 0 Å². The minimum Gasteiger partial charge on any atom is -0.370 e. The second-order valence-electron chi connectivity index (χ2n) is 5.06. The first kappa shape index (κ1) is 15.8. The van der Waals surface area contributed by atoms with Crippen LogP contribution in [0.25, 0.3) is 0 Å². The van der Waals surface area contributed by atoms with Crippen molar-refractivity contribution in [3.63, 3.8) is 0 Å². The van der Waals surface area contributed by atoms with Crippen LogP contribution in [-0.4, -0.2) is 16.5 Å². The molecule has 0 unspecified atom stereocenters. The summed E-state index contributed by atoms with van der Waals surface area (Å²) in [4.78, 5) is 9.01. The average molecular weight is 349 g/mol. The Kier molecular flexibility index (Phi) is 5.17. The van der Waals surface area contributed by atoms with E-state index in [1.54, 1.807) is 0 Å². The number of rotatable bonds is 5. The molecule has 2 rings (SSSR count). The summed E-state index contributed by atoms with van der Waals surface area (Å²) in [5.74, 6) is 2.51. The van der Waals surface area contributed by atoms with E-state index in [9.17, 15) is 0 Å². The van der Waals surface area contributed by atoms with Crippen molar-refractivity contribution in [2.75, 3.05) is 17.2 Å². The topological polar surface area (TPSA) is 49.8 Å². The zero-order chi connectivity index (χ0) is 15.4. The van der Waals surface area contributed by atoms with Gasteiger partial charge in [0.05, 0.1) is 0 Å². The van der Waals surface area contributed by atoms with Crippen LogP contribution in [0.3, 0.4) is 0 Å². The van der Waals surface area contributed by atoms with Gasteiger partial charge in [-0.25, -0.2) is 9.97 Å². The minimum absolute atomic E-state index is 0.759. The fraction of sp³-hybridized carbons (Fsp3) is 0.375. The molecule has 0 atom stereocenters. The van der Waals surface area contributed by atoms with Crippen LogP contribution >= 0.6 is 15.9 Å². The molecule has 0 aliphatic rings. The van der Waals surface area contributed by atoms with Crippen molar-refractivity contribution in [2.45, 2.75) is 34.1 Å². The molecular weight excluding hydrogens is 328 g/mol. The van der Waals surface area contributed by atoms with Crippen molar-refractivity contribution in [2.24, 2.45) is 0 Å². The number of benzene rings is 1. The quantitative estimate of drug-likeness (QED) is 0.819. The molecule has 0 bridgehead atoms. The molecule has 0 saturated heterocycles. The Balaban J connectivity index is 2.35. The lowest BCUT2D eigenvalue weighted by Crippen LogP contribution is -2.09. The zero-order valence-corrected chi connectivity index (χ0v) is 14.5. The first-order chi connectivity index (χ1) is 10.0. The van der Waals surface area contributed by atoms with E-state index in [1.165, 1.54) is 0 Å². The van der Waals surface area contributed by atoms with Crippen molar-refractivity contribution in [3.8, 4) is 0 Å². The molecule has 1 aromatic heterocycles. The Morgan fingerprint density at radius 2 is 1.76 bits per heavy atom. The summed E-state index contributed by atoms with van der Waals surface area (Å²) < 4.78 is 1.08. The van der Waals surface area contributed by atoms with E-state index in [1.807, 2.05) is 26.0 Å². The fourth-order valence-corrected chi connectivity index (χ4v) is 2.40. The number of hydrogen-bond acceptors (Lipinski definition) is 4. The molecule has 2 N–H and O–H groups in total. The van der Waals surface area contributed by atoms with Gasteiger partial charge in [-0.05, 0) is 44.9 Å². The van der Waals surface area contributed by atoms with E-state index in [2.05, 4.69) is 56.4 Å². The predicted octanol–water partition coefficient (Wildman–Crippen LogP) is 4.73. The molecule has 1 aromatic carbocycles. The summed E-state index contributed by atoms with van der Waals surface area (Å²) in [5.41, 5.74) is 3.25. The predicted molar refractivity (Wildman–Crippen MR) is 92.4 cm³/mol. The van der Waals surface area contributed by atoms with Gasteiger partial charge in [-0.3, -0.25) is 0 Å². The molecule has 0 aliphatic carbocycles. The Bertz CT molecular complexity index is 640. The standard InChI is InChI=1S/C16H21BrN4/c1-5-9-18-15-11(3)16(20-12(4)19-15)21-14-8-6-7-13(17)10(14)2/h6-8H,5,9H2,1-4H3,(H2,18,19,20,21). The second kappa shape index (κ2) is 6.89. The molecule has 0 saturated carbocycles. The van der Waals surface area contributed by atoms with Crippen molar-refractivity contribution in [1.82, 2.24) is 9.97 Å². The number of nitrogens with zero attached hydrogens (tertiary/aromatic N) is 2.